The van der Waals surface area contributed by atoms with Gasteiger partial charge >= 0.3 is 0 Å². The second kappa shape index (κ2) is 6.02. The van der Waals surface area contributed by atoms with Crippen LogP contribution in [0.3, 0.4) is 0 Å². The van der Waals surface area contributed by atoms with Crippen LogP contribution in [-0.4, -0.2) is 38.4 Å². The molecule has 1 unspecified atom stereocenters. The summed E-state index contributed by atoms with van der Waals surface area (Å²) in [4.78, 5) is 2.49. The highest BCUT2D eigenvalue weighted by Crippen LogP contribution is 2.38. The summed E-state index contributed by atoms with van der Waals surface area (Å²) < 4.78 is 11.5. The lowest BCUT2D eigenvalue weighted by atomic mass is 9.87. The highest BCUT2D eigenvalue weighted by molar-refractivity contribution is 5.61. The van der Waals surface area contributed by atoms with Crippen LogP contribution in [-0.2, 0) is 4.74 Å². The third-order valence-electron chi connectivity index (χ3n) is 4.53. The largest absolute Gasteiger partial charge is 0.491 e. The summed E-state index contributed by atoms with van der Waals surface area (Å²) in [5.41, 5.74) is 7.41. The van der Waals surface area contributed by atoms with Crippen molar-refractivity contribution in [2.75, 3.05) is 37.8 Å². The van der Waals surface area contributed by atoms with E-state index in [2.05, 4.69) is 23.1 Å². The third-order valence-corrected chi connectivity index (χ3v) is 4.53. The van der Waals surface area contributed by atoms with Gasteiger partial charge in [-0.25, -0.2) is 0 Å². The number of benzene rings is 1. The fraction of sp³-hybridized carbons (Fsp3) is 0.625. The molecule has 0 saturated carbocycles. The zero-order valence-corrected chi connectivity index (χ0v) is 12.0. The van der Waals surface area contributed by atoms with Crippen molar-refractivity contribution in [3.8, 4) is 5.75 Å². The topological polar surface area (TPSA) is 47.7 Å². The Labute approximate surface area is 120 Å². The number of hydrogen-bond acceptors (Lipinski definition) is 4. The maximum atomic E-state index is 6.21. The highest BCUT2D eigenvalue weighted by atomic mass is 16.5. The number of rotatable bonds is 2. The van der Waals surface area contributed by atoms with Crippen molar-refractivity contribution in [3.63, 3.8) is 0 Å². The maximum absolute atomic E-state index is 6.21. The van der Waals surface area contributed by atoms with Gasteiger partial charge in [0.15, 0.2) is 0 Å². The van der Waals surface area contributed by atoms with Crippen molar-refractivity contribution >= 4 is 5.69 Å². The zero-order valence-electron chi connectivity index (χ0n) is 12.0. The number of nitrogens with zero attached hydrogens (tertiary/aromatic N) is 1. The number of para-hydroxylation sites is 2. The Bertz CT molecular complexity index is 442. The standard InChI is InChI=1S/C16H24N2O2/c17-13-16(7-3-10-19-12-8-16)18-9-4-11-20-15-6-2-1-5-14(15)18/h1-2,5-6H,3-4,7-13,17H2. The predicted molar refractivity (Wildman–Crippen MR) is 80.4 cm³/mol. The van der Waals surface area contributed by atoms with Gasteiger partial charge in [-0.3, -0.25) is 0 Å². The van der Waals surface area contributed by atoms with E-state index in [0.29, 0.717) is 6.54 Å². The second-order valence-corrected chi connectivity index (χ2v) is 5.72. The lowest BCUT2D eigenvalue weighted by molar-refractivity contribution is 0.139. The molecule has 4 nitrogen and oxygen atoms in total. The molecule has 0 bridgehead atoms. The van der Waals surface area contributed by atoms with Crippen LogP contribution in [0.4, 0.5) is 5.69 Å². The van der Waals surface area contributed by atoms with Crippen molar-refractivity contribution in [2.24, 2.45) is 5.73 Å². The third kappa shape index (κ3) is 2.50. The molecule has 2 heterocycles. The minimum atomic E-state index is 0.0142. The number of fused-ring (bicyclic) bond motifs is 1. The summed E-state index contributed by atoms with van der Waals surface area (Å²) in [5.74, 6) is 0.989. The molecular formula is C16H24N2O2. The van der Waals surface area contributed by atoms with Crippen LogP contribution in [0.15, 0.2) is 24.3 Å². The van der Waals surface area contributed by atoms with Gasteiger partial charge in [0.1, 0.15) is 5.75 Å². The van der Waals surface area contributed by atoms with Gasteiger partial charge in [0, 0.05) is 26.3 Å². The van der Waals surface area contributed by atoms with Crippen molar-refractivity contribution in [3.05, 3.63) is 24.3 Å². The Kier molecular flexibility index (Phi) is 4.13. The van der Waals surface area contributed by atoms with Crippen molar-refractivity contribution in [1.82, 2.24) is 0 Å². The van der Waals surface area contributed by atoms with E-state index in [1.54, 1.807) is 0 Å². The first-order valence-corrected chi connectivity index (χ1v) is 7.63. The maximum Gasteiger partial charge on any atom is 0.142 e. The van der Waals surface area contributed by atoms with Crippen LogP contribution in [0.25, 0.3) is 0 Å². The molecular weight excluding hydrogens is 252 g/mol. The number of hydrogen-bond donors (Lipinski definition) is 1. The molecule has 1 atom stereocenters. The molecule has 0 radical (unpaired) electrons. The van der Waals surface area contributed by atoms with Crippen molar-refractivity contribution < 1.29 is 9.47 Å². The first-order valence-electron chi connectivity index (χ1n) is 7.63. The lowest BCUT2D eigenvalue weighted by Crippen LogP contribution is -2.54. The minimum absolute atomic E-state index is 0.0142. The lowest BCUT2D eigenvalue weighted by Gasteiger charge is -2.44. The molecule has 1 fully saturated rings. The van der Waals surface area contributed by atoms with E-state index in [1.165, 1.54) is 5.69 Å². The van der Waals surface area contributed by atoms with E-state index in [4.69, 9.17) is 15.2 Å². The molecule has 110 valence electrons. The Morgan fingerprint density at radius 1 is 1.10 bits per heavy atom. The van der Waals surface area contributed by atoms with E-state index < -0.39 is 0 Å². The quantitative estimate of drug-likeness (QED) is 0.899. The van der Waals surface area contributed by atoms with Gasteiger partial charge in [-0.05, 0) is 37.8 Å². The van der Waals surface area contributed by atoms with Crippen molar-refractivity contribution in [1.29, 1.82) is 0 Å². The molecule has 2 aliphatic rings. The van der Waals surface area contributed by atoms with Crippen LogP contribution < -0.4 is 15.4 Å². The SMILES string of the molecule is NCC1(N2CCCOc3ccccc32)CCCOCC1. The summed E-state index contributed by atoms with van der Waals surface area (Å²) >= 11 is 0. The fourth-order valence-corrected chi connectivity index (χ4v) is 3.40. The van der Waals surface area contributed by atoms with Crippen molar-refractivity contribution in [2.45, 2.75) is 31.2 Å². The average molecular weight is 276 g/mol. The van der Waals surface area contributed by atoms with E-state index in [9.17, 15) is 0 Å². The smallest absolute Gasteiger partial charge is 0.142 e. The fourth-order valence-electron chi connectivity index (χ4n) is 3.40. The molecule has 3 rings (SSSR count). The van der Waals surface area contributed by atoms with Gasteiger partial charge in [-0.15, -0.1) is 0 Å². The van der Waals surface area contributed by atoms with Crippen LogP contribution in [0.2, 0.25) is 0 Å². The number of anilines is 1. The molecule has 1 saturated heterocycles. The van der Waals surface area contributed by atoms with Gasteiger partial charge in [-0.2, -0.15) is 0 Å². The minimum Gasteiger partial charge on any atom is -0.491 e. The van der Waals surface area contributed by atoms with E-state index in [1.807, 2.05) is 6.07 Å². The average Bonchev–Trinajstić information content (AvgIpc) is 2.86. The summed E-state index contributed by atoms with van der Waals surface area (Å²) in [6.45, 7) is 4.12. The molecule has 0 spiro atoms. The van der Waals surface area contributed by atoms with Gasteiger partial charge in [-0.1, -0.05) is 12.1 Å². The summed E-state index contributed by atoms with van der Waals surface area (Å²) in [5, 5.41) is 0. The molecule has 0 aliphatic carbocycles. The summed E-state index contributed by atoms with van der Waals surface area (Å²) in [7, 11) is 0. The molecule has 4 heteroatoms. The van der Waals surface area contributed by atoms with Crippen LogP contribution in [0, 0.1) is 0 Å². The second-order valence-electron chi connectivity index (χ2n) is 5.72. The summed E-state index contributed by atoms with van der Waals surface area (Å²) in [6, 6.07) is 8.33. The Balaban J connectivity index is 1.97. The van der Waals surface area contributed by atoms with Gasteiger partial charge in [0.05, 0.1) is 17.8 Å². The van der Waals surface area contributed by atoms with Crippen LogP contribution in [0.5, 0.6) is 5.75 Å². The zero-order chi connectivity index (χ0) is 13.8. The van der Waals surface area contributed by atoms with Gasteiger partial charge in [0.25, 0.3) is 0 Å². The molecule has 0 aromatic heterocycles. The first kappa shape index (κ1) is 13.7. The molecule has 2 aliphatic heterocycles. The molecule has 1 aromatic carbocycles. The Hall–Kier alpha value is -1.26. The Morgan fingerprint density at radius 2 is 2.00 bits per heavy atom. The van der Waals surface area contributed by atoms with Crippen LogP contribution in [0.1, 0.15) is 25.7 Å². The van der Waals surface area contributed by atoms with E-state index in [0.717, 1.165) is 57.8 Å². The molecule has 1 aromatic rings. The van der Waals surface area contributed by atoms with Gasteiger partial charge < -0.3 is 20.1 Å². The van der Waals surface area contributed by atoms with Gasteiger partial charge in [0.2, 0.25) is 0 Å². The summed E-state index contributed by atoms with van der Waals surface area (Å²) in [6.07, 6.45) is 4.21. The molecule has 0 amide bonds. The highest BCUT2D eigenvalue weighted by Gasteiger charge is 2.38. The Morgan fingerprint density at radius 3 is 2.90 bits per heavy atom. The van der Waals surface area contributed by atoms with E-state index in [-0.39, 0.29) is 5.54 Å². The molecule has 2 N–H and O–H groups in total. The number of ether oxygens (including phenoxy) is 2. The normalized spacial score (nSPS) is 27.1. The number of nitrogens with two attached hydrogens (primary N) is 1. The predicted octanol–water partition coefficient (Wildman–Crippen LogP) is 2.17. The molecule has 20 heavy (non-hydrogen) atoms. The monoisotopic (exact) mass is 276 g/mol. The first-order chi connectivity index (χ1) is 9.86. The van der Waals surface area contributed by atoms with E-state index >= 15 is 0 Å². The van der Waals surface area contributed by atoms with Crippen LogP contribution >= 0.6 is 0 Å².